The number of carbonyl (C=O) groups is 2. The first-order valence-electron chi connectivity index (χ1n) is 7.90. The Labute approximate surface area is 139 Å². The Morgan fingerprint density at radius 2 is 1.54 bits per heavy atom. The van der Waals surface area contributed by atoms with Crippen LogP contribution < -0.4 is 4.74 Å². The fourth-order valence-electron chi connectivity index (χ4n) is 3.44. The van der Waals surface area contributed by atoms with Gasteiger partial charge in [-0.1, -0.05) is 36.4 Å². The van der Waals surface area contributed by atoms with E-state index in [-0.39, 0.29) is 23.7 Å². The lowest BCUT2D eigenvalue weighted by Gasteiger charge is -2.13. The van der Waals surface area contributed by atoms with E-state index in [9.17, 15) is 9.59 Å². The SMILES string of the molecule is COc1ccc(C2CC(C3C(=O)c4ccccc4C3=O)N=N2)cc1. The van der Waals surface area contributed by atoms with Crippen LogP contribution in [0.15, 0.2) is 58.8 Å². The minimum absolute atomic E-state index is 0.120. The van der Waals surface area contributed by atoms with E-state index in [2.05, 4.69) is 10.2 Å². The van der Waals surface area contributed by atoms with Gasteiger partial charge in [0, 0.05) is 17.5 Å². The summed E-state index contributed by atoms with van der Waals surface area (Å²) in [5.41, 5.74) is 2.03. The summed E-state index contributed by atoms with van der Waals surface area (Å²) in [5, 5.41) is 8.55. The van der Waals surface area contributed by atoms with Crippen LogP contribution in [-0.2, 0) is 0 Å². The number of hydrogen-bond donors (Lipinski definition) is 0. The van der Waals surface area contributed by atoms with E-state index in [4.69, 9.17) is 4.74 Å². The van der Waals surface area contributed by atoms with Crippen LogP contribution in [0, 0.1) is 5.92 Å². The molecule has 2 aromatic rings. The number of methoxy groups -OCH3 is 1. The van der Waals surface area contributed by atoms with Gasteiger partial charge in [0.2, 0.25) is 0 Å². The fraction of sp³-hybridized carbons (Fsp3) is 0.263. The Morgan fingerprint density at radius 1 is 0.917 bits per heavy atom. The van der Waals surface area contributed by atoms with Crippen molar-refractivity contribution in [3.05, 3.63) is 65.2 Å². The van der Waals surface area contributed by atoms with Crippen molar-refractivity contribution in [2.45, 2.75) is 18.5 Å². The molecule has 0 saturated heterocycles. The minimum atomic E-state index is -0.727. The highest BCUT2D eigenvalue weighted by molar-refractivity contribution is 6.26. The quantitative estimate of drug-likeness (QED) is 0.811. The van der Waals surface area contributed by atoms with E-state index < -0.39 is 5.92 Å². The van der Waals surface area contributed by atoms with Crippen LogP contribution in [-0.4, -0.2) is 24.7 Å². The van der Waals surface area contributed by atoms with Gasteiger partial charge in [-0.15, -0.1) is 0 Å². The first kappa shape index (κ1) is 14.8. The summed E-state index contributed by atoms with van der Waals surface area (Å²) in [7, 11) is 1.62. The molecule has 2 unspecified atom stereocenters. The van der Waals surface area contributed by atoms with Gasteiger partial charge in [-0.3, -0.25) is 9.59 Å². The molecule has 0 aromatic heterocycles. The molecule has 0 radical (unpaired) electrons. The third kappa shape index (κ3) is 2.24. The molecule has 0 saturated carbocycles. The second kappa shape index (κ2) is 5.67. The van der Waals surface area contributed by atoms with E-state index in [1.54, 1.807) is 31.4 Å². The number of rotatable bonds is 3. The molecule has 0 N–H and O–H groups in total. The first-order valence-corrected chi connectivity index (χ1v) is 7.90. The average molecular weight is 320 g/mol. The normalized spacial score (nSPS) is 22.9. The van der Waals surface area contributed by atoms with Gasteiger partial charge < -0.3 is 4.74 Å². The molecule has 4 rings (SSSR count). The van der Waals surface area contributed by atoms with Gasteiger partial charge in [0.15, 0.2) is 11.6 Å². The van der Waals surface area contributed by atoms with E-state index in [0.29, 0.717) is 17.5 Å². The van der Waals surface area contributed by atoms with Crippen LogP contribution in [0.2, 0.25) is 0 Å². The standard InChI is InChI=1S/C19H16N2O3/c1-24-12-8-6-11(7-9-12)15-10-16(21-20-15)17-18(22)13-4-2-3-5-14(13)19(17)23/h2-9,15-17H,10H2,1H3. The highest BCUT2D eigenvalue weighted by Crippen LogP contribution is 2.39. The second-order valence-corrected chi connectivity index (χ2v) is 6.07. The van der Waals surface area contributed by atoms with Crippen LogP contribution in [0.25, 0.3) is 0 Å². The molecular formula is C19H16N2O3. The predicted molar refractivity (Wildman–Crippen MR) is 87.6 cm³/mol. The van der Waals surface area contributed by atoms with Gasteiger partial charge in [-0.25, -0.2) is 0 Å². The summed E-state index contributed by atoms with van der Waals surface area (Å²) >= 11 is 0. The van der Waals surface area contributed by atoms with Gasteiger partial charge in [0.1, 0.15) is 11.7 Å². The molecule has 0 bridgehead atoms. The zero-order valence-electron chi connectivity index (χ0n) is 13.2. The van der Waals surface area contributed by atoms with Crippen molar-refractivity contribution in [3.63, 3.8) is 0 Å². The molecule has 1 aliphatic heterocycles. The average Bonchev–Trinajstić information content (AvgIpc) is 3.19. The number of carbonyl (C=O) groups excluding carboxylic acids is 2. The summed E-state index contributed by atoms with van der Waals surface area (Å²) in [6.45, 7) is 0. The monoisotopic (exact) mass is 320 g/mol. The van der Waals surface area contributed by atoms with Crippen LogP contribution in [0.3, 0.4) is 0 Å². The molecule has 5 nitrogen and oxygen atoms in total. The number of fused-ring (bicyclic) bond motifs is 1. The minimum Gasteiger partial charge on any atom is -0.497 e. The van der Waals surface area contributed by atoms with Crippen molar-refractivity contribution in [3.8, 4) is 5.75 Å². The van der Waals surface area contributed by atoms with Gasteiger partial charge in [0.05, 0.1) is 19.2 Å². The molecule has 0 amide bonds. The molecule has 0 fully saturated rings. The fourth-order valence-corrected chi connectivity index (χ4v) is 3.44. The van der Waals surface area contributed by atoms with Gasteiger partial charge >= 0.3 is 0 Å². The van der Waals surface area contributed by atoms with Crippen LogP contribution in [0.1, 0.15) is 38.7 Å². The summed E-state index contributed by atoms with van der Waals surface area (Å²) in [4.78, 5) is 25.2. The van der Waals surface area contributed by atoms with Crippen molar-refractivity contribution in [2.75, 3.05) is 7.11 Å². The number of Topliss-reactive ketones (excluding diaryl/α,β-unsaturated/α-hetero) is 2. The molecule has 120 valence electrons. The molecule has 2 aromatic carbocycles. The zero-order chi connectivity index (χ0) is 16.7. The molecule has 1 aliphatic carbocycles. The third-order valence-electron chi connectivity index (χ3n) is 4.73. The smallest absolute Gasteiger partial charge is 0.176 e. The Morgan fingerprint density at radius 3 is 2.12 bits per heavy atom. The molecule has 5 heteroatoms. The summed E-state index contributed by atoms with van der Waals surface area (Å²) in [6.07, 6.45) is 0.572. The number of benzene rings is 2. The number of hydrogen-bond acceptors (Lipinski definition) is 5. The van der Waals surface area contributed by atoms with Gasteiger partial charge in [0.25, 0.3) is 0 Å². The Bertz CT molecular complexity index is 807. The lowest BCUT2D eigenvalue weighted by atomic mass is 9.89. The predicted octanol–water partition coefficient (Wildman–Crippen LogP) is 3.66. The van der Waals surface area contributed by atoms with Crippen molar-refractivity contribution < 1.29 is 14.3 Å². The van der Waals surface area contributed by atoms with Crippen molar-refractivity contribution in [1.82, 2.24) is 0 Å². The first-order chi connectivity index (χ1) is 11.7. The van der Waals surface area contributed by atoms with Crippen molar-refractivity contribution >= 4 is 11.6 Å². The maximum absolute atomic E-state index is 12.6. The maximum atomic E-state index is 12.6. The Hall–Kier alpha value is -2.82. The number of ether oxygens (including phenoxy) is 1. The van der Waals surface area contributed by atoms with E-state index >= 15 is 0 Å². The zero-order valence-corrected chi connectivity index (χ0v) is 13.2. The van der Waals surface area contributed by atoms with Crippen LogP contribution in [0.5, 0.6) is 5.75 Å². The summed E-state index contributed by atoms with van der Waals surface area (Å²) in [5.74, 6) is -0.207. The largest absolute Gasteiger partial charge is 0.497 e. The van der Waals surface area contributed by atoms with Gasteiger partial charge in [-0.05, 0) is 17.7 Å². The molecule has 1 heterocycles. The number of ketones is 2. The number of azo groups is 1. The highest BCUT2D eigenvalue weighted by Gasteiger charge is 2.45. The van der Waals surface area contributed by atoms with Crippen LogP contribution >= 0.6 is 0 Å². The topological polar surface area (TPSA) is 68.1 Å². The van der Waals surface area contributed by atoms with E-state index in [1.165, 1.54) is 0 Å². The van der Waals surface area contributed by atoms with Gasteiger partial charge in [-0.2, -0.15) is 10.2 Å². The molecule has 0 spiro atoms. The third-order valence-corrected chi connectivity index (χ3v) is 4.73. The molecule has 2 aliphatic rings. The summed E-state index contributed by atoms with van der Waals surface area (Å²) < 4.78 is 5.15. The number of nitrogens with zero attached hydrogens (tertiary/aromatic N) is 2. The lowest BCUT2D eigenvalue weighted by Crippen LogP contribution is -2.27. The van der Waals surface area contributed by atoms with Crippen molar-refractivity contribution in [1.29, 1.82) is 0 Å². The Balaban J connectivity index is 1.55. The second-order valence-electron chi connectivity index (χ2n) is 6.07. The lowest BCUT2D eigenvalue weighted by molar-refractivity contribution is 0.0817. The highest BCUT2D eigenvalue weighted by atomic mass is 16.5. The molecular weight excluding hydrogens is 304 g/mol. The molecule has 24 heavy (non-hydrogen) atoms. The molecule has 2 atom stereocenters. The maximum Gasteiger partial charge on any atom is 0.176 e. The van der Waals surface area contributed by atoms with E-state index in [0.717, 1.165) is 11.3 Å². The van der Waals surface area contributed by atoms with Crippen LogP contribution in [0.4, 0.5) is 0 Å². The summed E-state index contributed by atoms with van der Waals surface area (Å²) in [6, 6.07) is 14.1. The Kier molecular flexibility index (Phi) is 3.49. The van der Waals surface area contributed by atoms with E-state index in [1.807, 2.05) is 24.3 Å². The van der Waals surface area contributed by atoms with Crippen molar-refractivity contribution in [2.24, 2.45) is 16.1 Å².